The van der Waals surface area contributed by atoms with Gasteiger partial charge in [0.25, 0.3) is 11.8 Å². The minimum absolute atomic E-state index is 0.0982. The summed E-state index contributed by atoms with van der Waals surface area (Å²) in [6.07, 6.45) is 2.16. The van der Waals surface area contributed by atoms with Crippen molar-refractivity contribution in [3.8, 4) is 0 Å². The first-order chi connectivity index (χ1) is 14.9. The normalized spacial score (nSPS) is 21.8. The molecule has 2 heterocycles. The van der Waals surface area contributed by atoms with E-state index in [0.29, 0.717) is 28.9 Å². The fourth-order valence-corrected chi connectivity index (χ4v) is 4.53. The molecule has 2 aromatic carbocycles. The van der Waals surface area contributed by atoms with Crippen LogP contribution in [0.4, 0.5) is 5.69 Å². The van der Waals surface area contributed by atoms with Gasteiger partial charge in [0.15, 0.2) is 0 Å². The van der Waals surface area contributed by atoms with Gasteiger partial charge in [-0.2, -0.15) is 0 Å². The number of piperidine rings is 1. The number of anilines is 1. The molecule has 1 unspecified atom stereocenters. The smallest absolute Gasteiger partial charge is 0.262 e. The van der Waals surface area contributed by atoms with Gasteiger partial charge in [0.05, 0.1) is 11.1 Å². The second-order valence-electron chi connectivity index (χ2n) is 8.35. The lowest BCUT2D eigenvalue weighted by molar-refractivity contribution is -0.136. The number of hydrogen-bond acceptors (Lipinski definition) is 6. The van der Waals surface area contributed by atoms with E-state index in [0.717, 1.165) is 23.3 Å². The van der Waals surface area contributed by atoms with E-state index in [1.165, 1.54) is 0 Å². The van der Waals surface area contributed by atoms with Crippen LogP contribution in [0.3, 0.4) is 0 Å². The number of nitrogens with two attached hydrogens (primary N) is 1. The number of carbonyl (C=O) groups excluding carboxylic acids is 4. The van der Waals surface area contributed by atoms with Crippen LogP contribution in [0, 0.1) is 0 Å². The third-order valence-corrected chi connectivity index (χ3v) is 6.36. The Morgan fingerprint density at radius 2 is 1.84 bits per heavy atom. The average molecular weight is 418 g/mol. The summed E-state index contributed by atoms with van der Waals surface area (Å²) in [5.41, 5.74) is 8.88. The molecule has 2 aliphatic heterocycles. The SMILES string of the molecule is Nc1cccc(C2(NCc3cccc4c3C(=O)N(C3CCC(=O)NC3=O)C4=O)CC2)c1. The largest absolute Gasteiger partial charge is 0.399 e. The summed E-state index contributed by atoms with van der Waals surface area (Å²) in [7, 11) is 0. The standard InChI is InChI=1S/C23H22N4O4/c24-15-5-2-4-14(11-15)23(9-10-23)25-12-13-3-1-6-16-19(13)22(31)27(21(16)30)17-7-8-18(28)26-20(17)29/h1-6,11,17,25H,7-10,12,24H2,(H,26,28,29). The van der Waals surface area contributed by atoms with Crippen LogP contribution in [-0.2, 0) is 21.7 Å². The van der Waals surface area contributed by atoms with Crippen molar-refractivity contribution < 1.29 is 19.2 Å². The van der Waals surface area contributed by atoms with Gasteiger partial charge >= 0.3 is 0 Å². The highest BCUT2D eigenvalue weighted by molar-refractivity contribution is 6.24. The van der Waals surface area contributed by atoms with E-state index in [1.54, 1.807) is 12.1 Å². The molecule has 0 bridgehead atoms. The molecule has 8 nitrogen and oxygen atoms in total. The van der Waals surface area contributed by atoms with Gasteiger partial charge in [-0.05, 0) is 48.6 Å². The molecule has 1 aliphatic carbocycles. The zero-order chi connectivity index (χ0) is 21.8. The molecule has 1 saturated carbocycles. The van der Waals surface area contributed by atoms with Crippen LogP contribution in [-0.4, -0.2) is 34.6 Å². The number of fused-ring (bicyclic) bond motifs is 1. The summed E-state index contributed by atoms with van der Waals surface area (Å²) < 4.78 is 0. The molecule has 3 aliphatic rings. The Bertz CT molecular complexity index is 1140. The van der Waals surface area contributed by atoms with E-state index < -0.39 is 23.8 Å². The number of nitrogens with zero attached hydrogens (tertiary/aromatic N) is 1. The second kappa shape index (κ2) is 7.02. The fourth-order valence-electron chi connectivity index (χ4n) is 4.53. The van der Waals surface area contributed by atoms with Crippen LogP contribution in [0.15, 0.2) is 42.5 Å². The molecular weight excluding hydrogens is 396 g/mol. The van der Waals surface area contributed by atoms with E-state index in [2.05, 4.69) is 10.6 Å². The molecule has 4 amide bonds. The molecule has 31 heavy (non-hydrogen) atoms. The first-order valence-corrected chi connectivity index (χ1v) is 10.3. The molecule has 2 aromatic rings. The van der Waals surface area contributed by atoms with Crippen LogP contribution in [0.1, 0.15) is 57.5 Å². The third kappa shape index (κ3) is 3.19. The highest BCUT2D eigenvalue weighted by atomic mass is 16.2. The highest BCUT2D eigenvalue weighted by Crippen LogP contribution is 2.46. The minimum Gasteiger partial charge on any atom is -0.399 e. The Morgan fingerprint density at radius 3 is 2.55 bits per heavy atom. The molecule has 4 N–H and O–H groups in total. The van der Waals surface area contributed by atoms with Gasteiger partial charge in [-0.1, -0.05) is 24.3 Å². The first kappa shape index (κ1) is 19.4. The zero-order valence-electron chi connectivity index (χ0n) is 16.8. The van der Waals surface area contributed by atoms with E-state index in [-0.39, 0.29) is 24.3 Å². The molecule has 0 aromatic heterocycles. The van der Waals surface area contributed by atoms with Crippen molar-refractivity contribution in [2.24, 2.45) is 0 Å². The summed E-state index contributed by atoms with van der Waals surface area (Å²) in [6.45, 7) is 0.403. The van der Waals surface area contributed by atoms with Crippen molar-refractivity contribution in [1.29, 1.82) is 0 Å². The van der Waals surface area contributed by atoms with Crippen molar-refractivity contribution in [2.45, 2.75) is 43.8 Å². The first-order valence-electron chi connectivity index (χ1n) is 10.3. The Kier molecular flexibility index (Phi) is 4.40. The van der Waals surface area contributed by atoms with Crippen LogP contribution in [0.5, 0.6) is 0 Å². The molecule has 158 valence electrons. The molecule has 5 rings (SSSR count). The third-order valence-electron chi connectivity index (χ3n) is 6.36. The van der Waals surface area contributed by atoms with Crippen molar-refractivity contribution in [3.05, 3.63) is 64.7 Å². The van der Waals surface area contributed by atoms with Crippen molar-refractivity contribution in [1.82, 2.24) is 15.5 Å². The van der Waals surface area contributed by atoms with E-state index in [1.807, 2.05) is 30.3 Å². The van der Waals surface area contributed by atoms with Gasteiger partial charge < -0.3 is 11.1 Å². The zero-order valence-corrected chi connectivity index (χ0v) is 16.8. The number of benzene rings is 2. The molecule has 0 spiro atoms. The summed E-state index contributed by atoms with van der Waals surface area (Å²) in [6, 6.07) is 12.0. The maximum absolute atomic E-state index is 13.2. The van der Waals surface area contributed by atoms with Gasteiger partial charge in [-0.25, -0.2) is 0 Å². The number of amides is 4. The fraction of sp³-hybridized carbons (Fsp3) is 0.304. The van der Waals surface area contributed by atoms with Crippen LogP contribution in [0.25, 0.3) is 0 Å². The molecule has 1 atom stereocenters. The molecular formula is C23H22N4O4. The van der Waals surface area contributed by atoms with Crippen molar-refractivity contribution in [2.75, 3.05) is 5.73 Å². The quantitative estimate of drug-likeness (QED) is 0.499. The summed E-state index contributed by atoms with van der Waals surface area (Å²) in [5.74, 6) is -1.97. The Labute approximate surface area is 178 Å². The monoisotopic (exact) mass is 418 g/mol. The molecule has 8 heteroatoms. The number of rotatable bonds is 5. The number of nitrogen functional groups attached to an aromatic ring is 1. The highest BCUT2D eigenvalue weighted by Gasteiger charge is 2.47. The lowest BCUT2D eigenvalue weighted by Gasteiger charge is -2.27. The predicted molar refractivity (Wildman–Crippen MR) is 112 cm³/mol. The molecule has 2 fully saturated rings. The van der Waals surface area contributed by atoms with Crippen LogP contribution < -0.4 is 16.4 Å². The van der Waals surface area contributed by atoms with Gasteiger partial charge in [0, 0.05) is 24.2 Å². The van der Waals surface area contributed by atoms with E-state index in [4.69, 9.17) is 5.73 Å². The summed E-state index contributed by atoms with van der Waals surface area (Å²) in [4.78, 5) is 50.9. The maximum Gasteiger partial charge on any atom is 0.262 e. The van der Waals surface area contributed by atoms with E-state index >= 15 is 0 Å². The lowest BCUT2D eigenvalue weighted by atomic mass is 10.0. The lowest BCUT2D eigenvalue weighted by Crippen LogP contribution is -2.54. The number of carbonyl (C=O) groups is 4. The van der Waals surface area contributed by atoms with Crippen LogP contribution in [0.2, 0.25) is 0 Å². The van der Waals surface area contributed by atoms with Gasteiger partial charge in [-0.15, -0.1) is 0 Å². The number of imide groups is 2. The van der Waals surface area contributed by atoms with E-state index in [9.17, 15) is 19.2 Å². The Hall–Kier alpha value is -3.52. The summed E-state index contributed by atoms with van der Waals surface area (Å²) >= 11 is 0. The van der Waals surface area contributed by atoms with Gasteiger partial charge in [-0.3, -0.25) is 29.4 Å². The second-order valence-corrected chi connectivity index (χ2v) is 8.35. The van der Waals surface area contributed by atoms with Gasteiger partial charge in [0.1, 0.15) is 6.04 Å². The molecule has 1 saturated heterocycles. The average Bonchev–Trinajstić information content (AvgIpc) is 3.50. The number of nitrogens with one attached hydrogen (secondary N) is 2. The number of hydrogen-bond donors (Lipinski definition) is 3. The van der Waals surface area contributed by atoms with Crippen molar-refractivity contribution >= 4 is 29.3 Å². The Morgan fingerprint density at radius 1 is 1.06 bits per heavy atom. The summed E-state index contributed by atoms with van der Waals surface area (Å²) in [5, 5.41) is 5.76. The van der Waals surface area contributed by atoms with Gasteiger partial charge in [0.2, 0.25) is 11.8 Å². The predicted octanol–water partition coefficient (Wildman–Crippen LogP) is 1.45. The van der Waals surface area contributed by atoms with Crippen LogP contribution >= 0.6 is 0 Å². The Balaban J connectivity index is 1.40. The minimum atomic E-state index is -0.965. The van der Waals surface area contributed by atoms with Crippen molar-refractivity contribution in [3.63, 3.8) is 0 Å². The molecule has 0 radical (unpaired) electrons. The maximum atomic E-state index is 13.2. The topological polar surface area (TPSA) is 122 Å².